The number of amides is 1. The van der Waals surface area contributed by atoms with E-state index in [9.17, 15) is 18.0 Å². The minimum absolute atomic E-state index is 0.128. The van der Waals surface area contributed by atoms with Gasteiger partial charge in [0.1, 0.15) is 23.8 Å². The van der Waals surface area contributed by atoms with E-state index in [1.54, 1.807) is 21.7 Å². The Bertz CT molecular complexity index is 1420. The summed E-state index contributed by atoms with van der Waals surface area (Å²) in [6.45, 7) is 4.64. The predicted molar refractivity (Wildman–Crippen MR) is 121 cm³/mol. The molecule has 0 bridgehead atoms. The van der Waals surface area contributed by atoms with E-state index in [0.717, 1.165) is 11.8 Å². The summed E-state index contributed by atoms with van der Waals surface area (Å²) in [5.74, 6) is -3.32. The number of hydrogen-bond acceptors (Lipinski definition) is 4. The molecule has 5 rings (SSSR count). The van der Waals surface area contributed by atoms with Crippen molar-refractivity contribution in [3.63, 3.8) is 0 Å². The zero-order valence-corrected chi connectivity index (χ0v) is 18.5. The highest BCUT2D eigenvalue weighted by molar-refractivity contribution is 5.96. The van der Waals surface area contributed by atoms with Gasteiger partial charge >= 0.3 is 0 Å². The summed E-state index contributed by atoms with van der Waals surface area (Å²) < 4.78 is 49.7. The third kappa shape index (κ3) is 3.63. The third-order valence-corrected chi connectivity index (χ3v) is 5.70. The fourth-order valence-electron chi connectivity index (χ4n) is 4.23. The van der Waals surface area contributed by atoms with Gasteiger partial charge in [0.15, 0.2) is 17.3 Å². The van der Waals surface area contributed by atoms with Crippen molar-refractivity contribution in [3.8, 4) is 16.9 Å². The average molecular weight is 466 g/mol. The second-order valence-electron chi connectivity index (χ2n) is 8.27. The first kappa shape index (κ1) is 21.8. The number of carbonyl (C=O) groups is 1. The number of aromatic nitrogens is 2. The number of imidazole rings is 1. The van der Waals surface area contributed by atoms with Crippen LogP contribution in [-0.4, -0.2) is 28.4 Å². The molecule has 9 heteroatoms. The lowest BCUT2D eigenvalue weighted by molar-refractivity contribution is 0.0939. The molecule has 1 aliphatic heterocycles. The molecule has 1 N–H and O–H groups in total. The summed E-state index contributed by atoms with van der Waals surface area (Å²) >= 11 is 0. The van der Waals surface area contributed by atoms with E-state index in [0.29, 0.717) is 30.7 Å². The molecule has 6 nitrogen and oxygen atoms in total. The van der Waals surface area contributed by atoms with E-state index in [-0.39, 0.29) is 28.4 Å². The quantitative estimate of drug-likeness (QED) is 0.426. The summed E-state index contributed by atoms with van der Waals surface area (Å²) in [6.07, 6.45) is 1.69. The molecule has 0 spiro atoms. The maximum Gasteiger partial charge on any atom is 0.290 e. The maximum absolute atomic E-state index is 14.6. The van der Waals surface area contributed by atoms with E-state index in [1.807, 2.05) is 38.1 Å². The van der Waals surface area contributed by atoms with Crippen LogP contribution in [0, 0.1) is 17.5 Å². The predicted octanol–water partition coefficient (Wildman–Crippen LogP) is 5.09. The molecule has 0 saturated heterocycles. The van der Waals surface area contributed by atoms with E-state index in [4.69, 9.17) is 4.74 Å². The van der Waals surface area contributed by atoms with Gasteiger partial charge in [-0.2, -0.15) is 0 Å². The first-order chi connectivity index (χ1) is 16.3. The molecule has 34 heavy (non-hydrogen) atoms. The van der Waals surface area contributed by atoms with Crippen molar-refractivity contribution < 1.29 is 22.7 Å². The minimum Gasteiger partial charge on any atom is -0.489 e. The lowest BCUT2D eigenvalue weighted by Crippen LogP contribution is -2.47. The number of nitrogens with one attached hydrogen (secondary N) is 1. The third-order valence-electron chi connectivity index (χ3n) is 5.70. The van der Waals surface area contributed by atoms with Crippen molar-refractivity contribution in [2.24, 2.45) is 0 Å². The minimum atomic E-state index is -1.29. The van der Waals surface area contributed by atoms with Crippen LogP contribution in [0.2, 0.25) is 0 Å². The van der Waals surface area contributed by atoms with Gasteiger partial charge in [0.25, 0.3) is 5.91 Å². The number of fused-ring (bicyclic) bond motifs is 2. The summed E-state index contributed by atoms with van der Waals surface area (Å²) in [6, 6.07) is 11.9. The molecule has 0 radical (unpaired) electrons. The molecule has 0 unspecified atom stereocenters. The summed E-state index contributed by atoms with van der Waals surface area (Å²) in [4.78, 5) is 17.9. The molecular weight excluding hydrogens is 445 g/mol. The number of carbonyl (C=O) groups excluding carboxylic acids is 1. The van der Waals surface area contributed by atoms with Crippen molar-refractivity contribution in [2.45, 2.75) is 19.8 Å². The van der Waals surface area contributed by atoms with Crippen LogP contribution < -0.4 is 15.2 Å². The number of hydrogen-bond donors (Lipinski definition) is 1. The van der Waals surface area contributed by atoms with Crippen LogP contribution in [0.25, 0.3) is 16.8 Å². The van der Waals surface area contributed by atoms with Gasteiger partial charge in [-0.1, -0.05) is 26.0 Å². The number of para-hydroxylation sites is 2. The lowest BCUT2D eigenvalue weighted by atomic mass is 10.1. The lowest BCUT2D eigenvalue weighted by Gasteiger charge is -2.31. The first-order valence-corrected chi connectivity index (χ1v) is 10.8. The van der Waals surface area contributed by atoms with Crippen LogP contribution in [0.15, 0.2) is 54.7 Å². The molecule has 2 aromatic carbocycles. The monoisotopic (exact) mass is 466 g/mol. The number of anilines is 1. The molecule has 4 aromatic rings. The maximum atomic E-state index is 14.6. The largest absolute Gasteiger partial charge is 0.489 e. The summed E-state index contributed by atoms with van der Waals surface area (Å²) in [5, 5.41) is 1.69. The topological polar surface area (TPSA) is 58.9 Å². The van der Waals surface area contributed by atoms with Gasteiger partial charge in [-0.3, -0.25) is 15.2 Å². The SMILES string of the molecule is CC(C)c1c(C(=O)NN2CCOc3ccccc32)nc2c(-c3cc(F)cc(F)c3F)cccn12. The normalized spacial score (nSPS) is 13.2. The molecule has 0 fully saturated rings. The van der Waals surface area contributed by atoms with E-state index < -0.39 is 23.4 Å². The fourth-order valence-corrected chi connectivity index (χ4v) is 4.23. The average Bonchev–Trinajstić information content (AvgIpc) is 3.22. The first-order valence-electron chi connectivity index (χ1n) is 10.8. The van der Waals surface area contributed by atoms with Crippen LogP contribution in [-0.2, 0) is 0 Å². The molecule has 2 aromatic heterocycles. The van der Waals surface area contributed by atoms with Crippen LogP contribution in [0.1, 0.15) is 35.9 Å². The van der Waals surface area contributed by atoms with Crippen molar-refractivity contribution in [1.29, 1.82) is 0 Å². The van der Waals surface area contributed by atoms with Gasteiger partial charge in [-0.25, -0.2) is 18.2 Å². The highest BCUT2D eigenvalue weighted by Crippen LogP contribution is 2.33. The Morgan fingerprint density at radius 1 is 1.09 bits per heavy atom. The number of benzene rings is 2. The molecular formula is C25H21F3N4O2. The Labute approximate surface area is 193 Å². The summed E-state index contributed by atoms with van der Waals surface area (Å²) in [5.41, 5.74) is 4.47. The van der Waals surface area contributed by atoms with Crippen LogP contribution in [0.4, 0.5) is 18.9 Å². The Morgan fingerprint density at radius 3 is 2.68 bits per heavy atom. The Kier molecular flexibility index (Phi) is 5.39. The molecule has 1 amide bonds. The zero-order valence-electron chi connectivity index (χ0n) is 18.5. The number of ether oxygens (including phenoxy) is 1. The Morgan fingerprint density at radius 2 is 1.88 bits per heavy atom. The van der Waals surface area contributed by atoms with Gasteiger partial charge in [0, 0.05) is 23.4 Å². The van der Waals surface area contributed by atoms with E-state index in [1.165, 1.54) is 6.07 Å². The summed E-state index contributed by atoms with van der Waals surface area (Å²) in [7, 11) is 0. The van der Waals surface area contributed by atoms with Crippen molar-refractivity contribution >= 4 is 17.2 Å². The molecule has 174 valence electrons. The molecule has 0 saturated carbocycles. The van der Waals surface area contributed by atoms with Crippen molar-refractivity contribution in [2.75, 3.05) is 18.2 Å². The van der Waals surface area contributed by atoms with Gasteiger partial charge in [-0.05, 0) is 36.2 Å². The molecule has 3 heterocycles. The second kappa shape index (κ2) is 8.40. The van der Waals surface area contributed by atoms with Gasteiger partial charge in [0.05, 0.1) is 17.9 Å². The number of rotatable bonds is 4. The zero-order chi connectivity index (χ0) is 24.0. The van der Waals surface area contributed by atoms with Crippen LogP contribution in [0.3, 0.4) is 0 Å². The van der Waals surface area contributed by atoms with Gasteiger partial charge in [0.2, 0.25) is 0 Å². The molecule has 1 aliphatic rings. The van der Waals surface area contributed by atoms with E-state index >= 15 is 0 Å². The molecule has 0 atom stereocenters. The number of nitrogens with zero attached hydrogens (tertiary/aromatic N) is 3. The molecule has 0 aliphatic carbocycles. The van der Waals surface area contributed by atoms with Crippen LogP contribution in [0.5, 0.6) is 5.75 Å². The van der Waals surface area contributed by atoms with Crippen LogP contribution >= 0.6 is 0 Å². The highest BCUT2D eigenvalue weighted by Gasteiger charge is 2.27. The van der Waals surface area contributed by atoms with Crippen molar-refractivity contribution in [3.05, 3.63) is 83.6 Å². The highest BCUT2D eigenvalue weighted by atomic mass is 19.2. The smallest absolute Gasteiger partial charge is 0.290 e. The number of pyridine rings is 1. The van der Waals surface area contributed by atoms with E-state index in [2.05, 4.69) is 10.4 Å². The van der Waals surface area contributed by atoms with Gasteiger partial charge < -0.3 is 9.14 Å². The second-order valence-corrected chi connectivity index (χ2v) is 8.27. The fraction of sp³-hybridized carbons (Fsp3) is 0.200. The standard InChI is InChI=1S/C25H21F3N4O2/c1-14(2)23-22(25(33)30-32-10-11-34-20-8-4-3-7-19(20)32)29-24-16(6-5-9-31(23)24)17-12-15(26)13-18(27)21(17)28/h3-9,12-14H,10-11H2,1-2H3,(H,30,33). The van der Waals surface area contributed by atoms with Crippen molar-refractivity contribution in [1.82, 2.24) is 14.8 Å². The Hall–Kier alpha value is -4.01. The number of halogens is 3. The number of hydrazine groups is 1. The van der Waals surface area contributed by atoms with Gasteiger partial charge in [-0.15, -0.1) is 0 Å². The Balaban J connectivity index is 1.61.